The Morgan fingerprint density at radius 2 is 1.56 bits per heavy atom. The molecule has 0 radical (unpaired) electrons. The van der Waals surface area contributed by atoms with E-state index in [-0.39, 0.29) is 22.6 Å². The van der Waals surface area contributed by atoms with E-state index in [1.165, 1.54) is 30.3 Å². The van der Waals surface area contributed by atoms with E-state index in [0.29, 0.717) is 5.56 Å². The predicted octanol–water partition coefficient (Wildman–Crippen LogP) is 6.41. The first kappa shape index (κ1) is 26.6. The van der Waals surface area contributed by atoms with Crippen molar-refractivity contribution in [2.45, 2.75) is 43.1 Å². The number of halogens is 1. The lowest BCUT2D eigenvalue weighted by Crippen LogP contribution is -2.46. The zero-order chi connectivity index (χ0) is 28.0. The Labute approximate surface area is 226 Å². The second-order valence-corrected chi connectivity index (χ2v) is 12.7. The molecule has 0 aromatic heterocycles. The minimum atomic E-state index is -3.82. The van der Waals surface area contributed by atoms with Crippen LogP contribution in [0.4, 0.5) is 14.9 Å². The van der Waals surface area contributed by atoms with Crippen LogP contribution in [0.2, 0.25) is 0 Å². The minimum absolute atomic E-state index is 0.118. The van der Waals surface area contributed by atoms with Gasteiger partial charge in [-0.25, -0.2) is 22.5 Å². The monoisotopic (exact) mass is 545 g/mol. The predicted molar refractivity (Wildman–Crippen MR) is 148 cm³/mol. The highest BCUT2D eigenvalue weighted by molar-refractivity contribution is 7.91. The highest BCUT2D eigenvalue weighted by atomic mass is 32.2. The first-order valence-electron chi connectivity index (χ1n) is 12.6. The fourth-order valence-corrected chi connectivity index (χ4v) is 6.48. The Morgan fingerprint density at radius 1 is 0.897 bits per heavy atom. The Hall–Kier alpha value is -4.04. The summed E-state index contributed by atoms with van der Waals surface area (Å²) in [6.45, 7) is 5.04. The molecule has 0 spiro atoms. The van der Waals surface area contributed by atoms with Gasteiger partial charge in [-0.05, 0) is 85.5 Å². The van der Waals surface area contributed by atoms with Crippen molar-refractivity contribution in [3.63, 3.8) is 0 Å². The van der Waals surface area contributed by atoms with Crippen molar-refractivity contribution >= 4 is 38.3 Å². The molecule has 39 heavy (non-hydrogen) atoms. The summed E-state index contributed by atoms with van der Waals surface area (Å²) in [4.78, 5) is 28.8. The van der Waals surface area contributed by atoms with Gasteiger partial charge in [-0.15, -0.1) is 0 Å². The zero-order valence-corrected chi connectivity index (χ0v) is 22.7. The molecule has 200 valence electrons. The third-order valence-corrected chi connectivity index (χ3v) is 8.63. The molecular weight excluding hydrogens is 517 g/mol. The first-order valence-corrected chi connectivity index (χ1v) is 14.2. The summed E-state index contributed by atoms with van der Waals surface area (Å²) in [5, 5.41) is 1.74. The zero-order valence-electron chi connectivity index (χ0n) is 21.8. The Kier molecular flexibility index (Phi) is 6.55. The summed E-state index contributed by atoms with van der Waals surface area (Å²) in [5.41, 5.74) is -1.70. The number of nitrogens with zero attached hydrogens (tertiary/aromatic N) is 1. The fourth-order valence-electron chi connectivity index (χ4n) is 5.10. The Bertz CT molecular complexity index is 1700. The number of ether oxygens (including phenoxy) is 1. The van der Waals surface area contributed by atoms with E-state index >= 15 is 0 Å². The quantitative estimate of drug-likeness (QED) is 0.290. The average molecular weight is 546 g/mol. The number of carbonyl (C=O) groups excluding carboxylic acids is 2. The highest BCUT2D eigenvalue weighted by Crippen LogP contribution is 2.50. The fraction of sp³-hybridized carbons (Fsp3) is 0.226. The number of fused-ring (bicyclic) bond motifs is 2. The van der Waals surface area contributed by atoms with Gasteiger partial charge in [-0.2, -0.15) is 0 Å². The number of hydrogen-bond donors (Lipinski definition) is 0. The smallest absolute Gasteiger partial charge is 0.421 e. The van der Waals surface area contributed by atoms with E-state index in [0.717, 1.165) is 15.7 Å². The molecule has 4 aromatic rings. The lowest BCUT2D eigenvalue weighted by atomic mass is 9.73. The van der Waals surface area contributed by atoms with Crippen molar-refractivity contribution in [2.75, 3.05) is 10.7 Å². The molecule has 0 saturated carbocycles. The van der Waals surface area contributed by atoms with Crippen molar-refractivity contribution in [3.05, 3.63) is 108 Å². The number of anilines is 1. The second-order valence-electron chi connectivity index (χ2n) is 10.6. The molecule has 8 heteroatoms. The summed E-state index contributed by atoms with van der Waals surface area (Å²) in [6.07, 6.45) is -1.12. The lowest BCUT2D eigenvalue weighted by Gasteiger charge is -2.30. The van der Waals surface area contributed by atoms with Gasteiger partial charge < -0.3 is 4.74 Å². The molecule has 1 atom stereocenters. The van der Waals surface area contributed by atoms with Gasteiger partial charge in [0.25, 0.3) is 5.91 Å². The van der Waals surface area contributed by atoms with Crippen LogP contribution in [0.25, 0.3) is 10.8 Å². The SMILES string of the molecule is CC(C)(C)OC(=O)N1C(=O)[C@](CCS(=O)(=O)c2ccccc2)(c2ccc3ccccc3c2)c2cc(F)ccc21. The van der Waals surface area contributed by atoms with Gasteiger partial charge in [0, 0.05) is 0 Å². The van der Waals surface area contributed by atoms with Crippen LogP contribution in [0.1, 0.15) is 38.3 Å². The van der Waals surface area contributed by atoms with Crippen molar-refractivity contribution < 1.29 is 27.1 Å². The lowest BCUT2D eigenvalue weighted by molar-refractivity contribution is -0.121. The summed E-state index contributed by atoms with van der Waals surface area (Å²) < 4.78 is 47.1. The normalized spacial score (nSPS) is 17.3. The molecule has 1 aliphatic rings. The molecule has 0 saturated heterocycles. The van der Waals surface area contributed by atoms with Crippen LogP contribution in [-0.4, -0.2) is 31.8 Å². The molecule has 1 heterocycles. The molecule has 1 aliphatic heterocycles. The van der Waals surface area contributed by atoms with Crippen molar-refractivity contribution in [3.8, 4) is 0 Å². The van der Waals surface area contributed by atoms with Gasteiger partial charge >= 0.3 is 6.09 Å². The molecule has 5 rings (SSSR count). The van der Waals surface area contributed by atoms with Gasteiger partial charge in [-0.1, -0.05) is 54.6 Å². The number of hydrogen-bond acceptors (Lipinski definition) is 5. The van der Waals surface area contributed by atoms with Gasteiger partial charge in [-0.3, -0.25) is 4.79 Å². The van der Waals surface area contributed by atoms with E-state index in [1.807, 2.05) is 30.3 Å². The van der Waals surface area contributed by atoms with Gasteiger partial charge in [0.05, 0.1) is 16.3 Å². The maximum atomic E-state index is 14.8. The molecule has 0 fully saturated rings. The number of benzene rings is 4. The van der Waals surface area contributed by atoms with Crippen LogP contribution in [-0.2, 0) is 24.8 Å². The standard InChI is InChI=1S/C31H28FNO5S/c1-30(2,3)38-29(35)33-27-16-15-24(32)20-26(27)31(28(33)34,17-18-39(36,37)25-11-5-4-6-12-25)23-14-13-21-9-7-8-10-22(21)19-23/h4-16,19-20H,17-18H2,1-3H3/t31-/m1/s1. The van der Waals surface area contributed by atoms with Crippen LogP contribution in [0.3, 0.4) is 0 Å². The van der Waals surface area contributed by atoms with Crippen LogP contribution < -0.4 is 4.90 Å². The summed E-state index contributed by atoms with van der Waals surface area (Å²) >= 11 is 0. The third-order valence-electron chi connectivity index (χ3n) is 6.89. The maximum Gasteiger partial charge on any atom is 0.421 e. The van der Waals surface area contributed by atoms with E-state index in [4.69, 9.17) is 4.74 Å². The molecule has 0 unspecified atom stereocenters. The molecule has 2 amide bonds. The number of imide groups is 1. The molecule has 0 N–H and O–H groups in total. The van der Waals surface area contributed by atoms with Crippen molar-refractivity contribution in [2.24, 2.45) is 0 Å². The largest absolute Gasteiger partial charge is 0.443 e. The van der Waals surface area contributed by atoms with Crippen LogP contribution in [0.5, 0.6) is 0 Å². The second kappa shape index (κ2) is 9.61. The summed E-state index contributed by atoms with van der Waals surface area (Å²) in [7, 11) is -3.82. The summed E-state index contributed by atoms with van der Waals surface area (Å²) in [6, 6.07) is 24.6. The van der Waals surface area contributed by atoms with E-state index in [2.05, 4.69) is 0 Å². The van der Waals surface area contributed by atoms with Gasteiger partial charge in [0.2, 0.25) is 0 Å². The van der Waals surface area contributed by atoms with E-state index < -0.39 is 44.4 Å². The van der Waals surface area contributed by atoms with Crippen LogP contribution in [0.15, 0.2) is 95.9 Å². The van der Waals surface area contributed by atoms with Crippen LogP contribution >= 0.6 is 0 Å². The average Bonchev–Trinajstić information content (AvgIpc) is 3.14. The van der Waals surface area contributed by atoms with Crippen molar-refractivity contribution in [1.29, 1.82) is 0 Å². The molecule has 6 nitrogen and oxygen atoms in total. The Balaban J connectivity index is 1.72. The molecule has 0 aliphatic carbocycles. The molecular formula is C31H28FNO5S. The summed E-state index contributed by atoms with van der Waals surface area (Å²) in [5.74, 6) is -1.70. The highest BCUT2D eigenvalue weighted by Gasteiger charge is 2.55. The maximum absolute atomic E-state index is 14.8. The van der Waals surface area contributed by atoms with Gasteiger partial charge in [0.1, 0.15) is 16.8 Å². The molecule has 4 aromatic carbocycles. The first-order chi connectivity index (χ1) is 18.4. The topological polar surface area (TPSA) is 80.8 Å². The van der Waals surface area contributed by atoms with Crippen molar-refractivity contribution in [1.82, 2.24) is 0 Å². The number of sulfone groups is 1. The number of rotatable bonds is 5. The van der Waals surface area contributed by atoms with Gasteiger partial charge in [0.15, 0.2) is 9.84 Å². The number of amides is 2. The van der Waals surface area contributed by atoms with E-state index in [1.54, 1.807) is 51.1 Å². The number of carbonyl (C=O) groups is 2. The third kappa shape index (κ3) is 4.81. The van der Waals surface area contributed by atoms with Crippen LogP contribution in [0, 0.1) is 5.82 Å². The minimum Gasteiger partial charge on any atom is -0.443 e. The molecule has 0 bridgehead atoms. The Morgan fingerprint density at radius 3 is 2.26 bits per heavy atom. The van der Waals surface area contributed by atoms with E-state index in [9.17, 15) is 22.4 Å².